The number of nitro benzene ring substituents is 1. The Hall–Kier alpha value is -2.59. The van der Waals surface area contributed by atoms with Crippen LogP contribution in [0, 0.1) is 21.7 Å². The first-order valence-corrected chi connectivity index (χ1v) is 9.19. The summed E-state index contributed by atoms with van der Waals surface area (Å²) in [5.74, 6) is -2.29. The van der Waals surface area contributed by atoms with Gasteiger partial charge >= 0.3 is 0 Å². The summed E-state index contributed by atoms with van der Waals surface area (Å²) in [6.07, 6.45) is 0. The van der Waals surface area contributed by atoms with Crippen molar-refractivity contribution >= 4 is 21.4 Å². The topological polar surface area (TPSA) is 83.8 Å². The Morgan fingerprint density at radius 2 is 1.50 bits per heavy atom. The fourth-order valence-corrected chi connectivity index (χ4v) is 4.44. The van der Waals surface area contributed by atoms with Gasteiger partial charge in [-0.25, -0.2) is 17.2 Å². The monoisotopic (exact) mass is 383 g/mol. The highest BCUT2D eigenvalue weighted by Gasteiger charge is 2.34. The Morgan fingerprint density at radius 3 is 2.08 bits per heavy atom. The van der Waals surface area contributed by atoms with Gasteiger partial charge in [0.1, 0.15) is 17.3 Å². The average Bonchev–Trinajstić information content (AvgIpc) is 2.61. The second-order valence-electron chi connectivity index (χ2n) is 5.69. The van der Waals surface area contributed by atoms with Crippen LogP contribution in [-0.2, 0) is 10.0 Å². The zero-order chi connectivity index (χ0) is 18.9. The molecule has 0 amide bonds. The number of anilines is 1. The third-order valence-corrected chi connectivity index (χ3v) is 6.13. The van der Waals surface area contributed by atoms with Gasteiger partial charge in [0.2, 0.25) is 10.0 Å². The van der Waals surface area contributed by atoms with Crippen molar-refractivity contribution in [1.29, 1.82) is 0 Å². The van der Waals surface area contributed by atoms with Crippen molar-refractivity contribution in [3.8, 4) is 0 Å². The summed E-state index contributed by atoms with van der Waals surface area (Å²) in [5.41, 5.74) is 0.301. The van der Waals surface area contributed by atoms with Gasteiger partial charge < -0.3 is 4.90 Å². The van der Waals surface area contributed by atoms with Crippen molar-refractivity contribution in [2.75, 3.05) is 31.1 Å². The smallest absolute Gasteiger partial charge is 0.292 e. The van der Waals surface area contributed by atoms with E-state index in [1.54, 1.807) is 23.1 Å². The SMILES string of the molecule is O=[N+]([O-])c1ccccc1N1CCN(S(=O)(=O)c2c(F)cccc2F)CC1. The van der Waals surface area contributed by atoms with Crippen LogP contribution in [0.1, 0.15) is 0 Å². The summed E-state index contributed by atoms with van der Waals surface area (Å²) in [5, 5.41) is 11.1. The third kappa shape index (κ3) is 3.25. The summed E-state index contributed by atoms with van der Waals surface area (Å²) in [4.78, 5) is 11.3. The lowest BCUT2D eigenvalue weighted by Gasteiger charge is -2.35. The van der Waals surface area contributed by atoms with Crippen molar-refractivity contribution in [1.82, 2.24) is 4.31 Å². The highest BCUT2D eigenvalue weighted by molar-refractivity contribution is 7.89. The normalized spacial score (nSPS) is 15.8. The van der Waals surface area contributed by atoms with E-state index in [4.69, 9.17) is 0 Å². The molecule has 0 unspecified atom stereocenters. The number of rotatable bonds is 4. The highest BCUT2D eigenvalue weighted by atomic mass is 32.2. The summed E-state index contributed by atoms with van der Waals surface area (Å²) in [6, 6.07) is 9.02. The molecule has 1 aliphatic heterocycles. The Morgan fingerprint density at radius 1 is 0.923 bits per heavy atom. The second-order valence-corrected chi connectivity index (χ2v) is 7.56. The maximum atomic E-state index is 13.9. The number of halogens is 2. The van der Waals surface area contributed by atoms with Gasteiger partial charge in [-0.2, -0.15) is 4.31 Å². The summed E-state index contributed by atoms with van der Waals surface area (Å²) < 4.78 is 53.8. The van der Waals surface area contributed by atoms with Crippen LogP contribution in [0.3, 0.4) is 0 Å². The predicted octanol–water partition coefficient (Wildman–Crippen LogP) is 2.38. The third-order valence-electron chi connectivity index (χ3n) is 4.17. The van der Waals surface area contributed by atoms with Gasteiger partial charge in [0.25, 0.3) is 5.69 Å². The number of hydrogen-bond donors (Lipinski definition) is 0. The molecule has 0 aromatic heterocycles. The first-order chi connectivity index (χ1) is 12.3. The fourth-order valence-electron chi connectivity index (χ4n) is 2.91. The average molecular weight is 383 g/mol. The molecule has 0 spiro atoms. The molecule has 0 N–H and O–H groups in total. The minimum Gasteiger partial charge on any atom is -0.363 e. The number of para-hydroxylation sites is 2. The molecule has 1 aliphatic rings. The number of hydrogen-bond acceptors (Lipinski definition) is 5. The van der Waals surface area contributed by atoms with Gasteiger partial charge in [0.05, 0.1) is 4.92 Å². The van der Waals surface area contributed by atoms with E-state index >= 15 is 0 Å². The van der Waals surface area contributed by atoms with Crippen LogP contribution < -0.4 is 4.90 Å². The van der Waals surface area contributed by atoms with Gasteiger partial charge in [0, 0.05) is 32.2 Å². The van der Waals surface area contributed by atoms with Crippen molar-refractivity contribution in [3.05, 3.63) is 64.2 Å². The van der Waals surface area contributed by atoms with E-state index in [1.807, 2.05) is 0 Å². The lowest BCUT2D eigenvalue weighted by Crippen LogP contribution is -2.49. The number of sulfonamides is 1. The number of nitro groups is 1. The molecule has 1 fully saturated rings. The van der Waals surface area contributed by atoms with Crippen LogP contribution in [0.2, 0.25) is 0 Å². The molecule has 0 radical (unpaired) electrons. The molecule has 1 saturated heterocycles. The lowest BCUT2D eigenvalue weighted by atomic mass is 10.2. The van der Waals surface area contributed by atoms with E-state index in [2.05, 4.69) is 0 Å². The molecule has 2 aromatic rings. The van der Waals surface area contributed by atoms with E-state index in [9.17, 15) is 27.3 Å². The number of nitrogens with zero attached hydrogens (tertiary/aromatic N) is 3. The van der Waals surface area contributed by atoms with Gasteiger partial charge in [-0.3, -0.25) is 10.1 Å². The van der Waals surface area contributed by atoms with E-state index in [0.29, 0.717) is 5.69 Å². The zero-order valence-corrected chi connectivity index (χ0v) is 14.3. The minimum absolute atomic E-state index is 0.0395. The molecule has 0 atom stereocenters. The van der Waals surface area contributed by atoms with Crippen molar-refractivity contribution in [2.24, 2.45) is 0 Å². The van der Waals surface area contributed by atoms with E-state index in [1.165, 1.54) is 6.07 Å². The molecule has 3 rings (SSSR count). The Labute approximate surface area is 148 Å². The lowest BCUT2D eigenvalue weighted by molar-refractivity contribution is -0.384. The van der Waals surface area contributed by atoms with Gasteiger partial charge in [-0.15, -0.1) is 0 Å². The largest absolute Gasteiger partial charge is 0.363 e. The summed E-state index contributed by atoms with van der Waals surface area (Å²) >= 11 is 0. The van der Waals surface area contributed by atoms with Gasteiger partial charge in [-0.05, 0) is 18.2 Å². The van der Waals surface area contributed by atoms with Crippen LogP contribution in [0.5, 0.6) is 0 Å². The highest BCUT2D eigenvalue weighted by Crippen LogP contribution is 2.30. The van der Waals surface area contributed by atoms with Crippen molar-refractivity contribution in [2.45, 2.75) is 4.90 Å². The first-order valence-electron chi connectivity index (χ1n) is 7.75. The Bertz CT molecular complexity index is 924. The van der Waals surface area contributed by atoms with Gasteiger partial charge in [0.15, 0.2) is 4.90 Å². The minimum atomic E-state index is -4.33. The molecule has 0 aliphatic carbocycles. The summed E-state index contributed by atoms with van der Waals surface area (Å²) in [7, 11) is -4.33. The van der Waals surface area contributed by atoms with Crippen LogP contribution in [-0.4, -0.2) is 43.8 Å². The number of benzene rings is 2. The second kappa shape index (κ2) is 6.96. The molecule has 0 bridgehead atoms. The maximum absolute atomic E-state index is 13.9. The molecule has 7 nitrogen and oxygen atoms in total. The first kappa shape index (κ1) is 18.2. The van der Waals surface area contributed by atoms with Crippen LogP contribution in [0.25, 0.3) is 0 Å². The van der Waals surface area contributed by atoms with Crippen molar-refractivity contribution < 1.29 is 22.1 Å². The maximum Gasteiger partial charge on any atom is 0.292 e. The Kier molecular flexibility index (Phi) is 4.88. The van der Waals surface area contributed by atoms with Crippen LogP contribution in [0.4, 0.5) is 20.2 Å². The van der Waals surface area contributed by atoms with Crippen LogP contribution >= 0.6 is 0 Å². The number of piperazine rings is 1. The fraction of sp³-hybridized carbons (Fsp3) is 0.250. The van der Waals surface area contributed by atoms with Gasteiger partial charge in [-0.1, -0.05) is 18.2 Å². The predicted molar refractivity (Wildman–Crippen MR) is 90.4 cm³/mol. The molecule has 2 aromatic carbocycles. The standard InChI is InChI=1S/C16H15F2N3O4S/c17-12-4-3-5-13(18)16(12)26(24,25)20-10-8-19(9-11-20)14-6-1-2-7-15(14)21(22)23/h1-7H,8-11H2. The molecule has 138 valence electrons. The van der Waals surface area contributed by atoms with E-state index < -0.39 is 31.5 Å². The zero-order valence-electron chi connectivity index (χ0n) is 13.5. The molecular formula is C16H15F2N3O4S. The van der Waals surface area contributed by atoms with Crippen LogP contribution in [0.15, 0.2) is 47.4 Å². The molecule has 10 heteroatoms. The van der Waals surface area contributed by atoms with E-state index in [0.717, 1.165) is 22.5 Å². The van der Waals surface area contributed by atoms with Crippen molar-refractivity contribution in [3.63, 3.8) is 0 Å². The summed E-state index contributed by atoms with van der Waals surface area (Å²) in [6.45, 7) is 0.255. The quantitative estimate of drug-likeness (QED) is 0.598. The molecular weight excluding hydrogens is 368 g/mol. The molecule has 1 heterocycles. The molecule has 26 heavy (non-hydrogen) atoms. The van der Waals surface area contributed by atoms with E-state index in [-0.39, 0.29) is 31.9 Å². The molecule has 0 saturated carbocycles. The Balaban J connectivity index is 1.82.